The summed E-state index contributed by atoms with van der Waals surface area (Å²) in [5.41, 5.74) is 2.27. The van der Waals surface area contributed by atoms with E-state index in [0.29, 0.717) is 23.6 Å². The molecular formula is C19H24N4O3S. The van der Waals surface area contributed by atoms with Crippen molar-refractivity contribution in [2.75, 3.05) is 22.1 Å². The molecule has 2 heterocycles. The quantitative estimate of drug-likeness (QED) is 0.835. The molecule has 1 aromatic carbocycles. The summed E-state index contributed by atoms with van der Waals surface area (Å²) in [7, 11) is -2.97. The first-order valence-electron chi connectivity index (χ1n) is 8.83. The van der Waals surface area contributed by atoms with E-state index in [0.717, 1.165) is 0 Å². The molecule has 144 valence electrons. The van der Waals surface area contributed by atoms with E-state index in [1.54, 1.807) is 0 Å². The Morgan fingerprint density at radius 1 is 1.11 bits per heavy atom. The summed E-state index contributed by atoms with van der Waals surface area (Å²) in [6.07, 6.45) is 3.40. The smallest absolute Gasteiger partial charge is 0.258 e. The van der Waals surface area contributed by atoms with E-state index >= 15 is 0 Å². The predicted molar refractivity (Wildman–Crippen MR) is 106 cm³/mol. The molecule has 0 spiro atoms. The van der Waals surface area contributed by atoms with Crippen molar-refractivity contribution in [3.8, 4) is 0 Å². The van der Waals surface area contributed by atoms with Gasteiger partial charge in [-0.05, 0) is 29.5 Å². The SMILES string of the molecule is CC(C)(C)c1ccc(NC(=O)c2cnc(NC3CCS(=O)(=O)C3)nc2)cc1. The second-order valence-electron chi connectivity index (χ2n) is 7.82. The molecule has 1 fully saturated rings. The molecule has 3 rings (SSSR count). The van der Waals surface area contributed by atoms with Crippen LogP contribution in [0.4, 0.5) is 11.6 Å². The fourth-order valence-electron chi connectivity index (χ4n) is 2.87. The molecule has 2 N–H and O–H groups in total. The number of nitrogens with zero attached hydrogens (tertiary/aromatic N) is 2. The van der Waals surface area contributed by atoms with Crippen LogP contribution in [0.3, 0.4) is 0 Å². The maximum atomic E-state index is 12.3. The Bertz CT molecular complexity index is 917. The number of carbonyl (C=O) groups is 1. The van der Waals surface area contributed by atoms with E-state index in [-0.39, 0.29) is 28.9 Å². The Morgan fingerprint density at radius 2 is 1.74 bits per heavy atom. The number of rotatable bonds is 4. The molecule has 1 atom stereocenters. The maximum Gasteiger partial charge on any atom is 0.258 e. The molecular weight excluding hydrogens is 364 g/mol. The second kappa shape index (κ2) is 7.26. The van der Waals surface area contributed by atoms with Gasteiger partial charge in [-0.3, -0.25) is 4.79 Å². The standard InChI is InChI=1S/C19H24N4O3S/c1-19(2,3)14-4-6-15(7-5-14)22-17(24)13-10-20-18(21-11-13)23-16-8-9-27(25,26)12-16/h4-7,10-11,16H,8-9,12H2,1-3H3,(H,22,24)(H,20,21,23). The summed E-state index contributed by atoms with van der Waals surface area (Å²) in [4.78, 5) is 20.6. The normalized spacial score (nSPS) is 18.9. The summed E-state index contributed by atoms with van der Waals surface area (Å²) in [6, 6.07) is 7.55. The number of sulfone groups is 1. The Balaban J connectivity index is 1.60. The minimum atomic E-state index is -2.97. The van der Waals surface area contributed by atoms with E-state index in [2.05, 4.69) is 41.4 Å². The van der Waals surface area contributed by atoms with Crippen molar-refractivity contribution >= 4 is 27.4 Å². The van der Waals surface area contributed by atoms with Crippen molar-refractivity contribution < 1.29 is 13.2 Å². The molecule has 1 aliphatic heterocycles. The zero-order chi connectivity index (χ0) is 19.7. The lowest BCUT2D eigenvalue weighted by Crippen LogP contribution is -2.22. The molecule has 27 heavy (non-hydrogen) atoms. The lowest BCUT2D eigenvalue weighted by atomic mass is 9.87. The molecule has 0 bridgehead atoms. The van der Waals surface area contributed by atoms with E-state index < -0.39 is 9.84 Å². The highest BCUT2D eigenvalue weighted by atomic mass is 32.2. The second-order valence-corrected chi connectivity index (χ2v) is 10.0. The van der Waals surface area contributed by atoms with Gasteiger partial charge < -0.3 is 10.6 Å². The van der Waals surface area contributed by atoms with Crippen molar-refractivity contribution in [2.24, 2.45) is 0 Å². The minimum Gasteiger partial charge on any atom is -0.350 e. The highest BCUT2D eigenvalue weighted by molar-refractivity contribution is 7.91. The van der Waals surface area contributed by atoms with Crippen molar-refractivity contribution in [3.05, 3.63) is 47.8 Å². The number of anilines is 2. The van der Waals surface area contributed by atoms with Gasteiger partial charge in [-0.2, -0.15) is 0 Å². The zero-order valence-electron chi connectivity index (χ0n) is 15.7. The number of carbonyl (C=O) groups excluding carboxylic acids is 1. The minimum absolute atomic E-state index is 0.0534. The lowest BCUT2D eigenvalue weighted by molar-refractivity contribution is 0.102. The summed E-state index contributed by atoms with van der Waals surface area (Å²) in [5.74, 6) is 0.291. The lowest BCUT2D eigenvalue weighted by Gasteiger charge is -2.19. The van der Waals surface area contributed by atoms with Crippen LogP contribution >= 0.6 is 0 Å². The largest absolute Gasteiger partial charge is 0.350 e. The van der Waals surface area contributed by atoms with E-state index in [1.165, 1.54) is 18.0 Å². The van der Waals surface area contributed by atoms with Crippen LogP contribution in [-0.4, -0.2) is 41.8 Å². The summed E-state index contributed by atoms with van der Waals surface area (Å²) in [5, 5.41) is 5.82. The monoisotopic (exact) mass is 388 g/mol. The third-order valence-electron chi connectivity index (χ3n) is 4.49. The number of benzene rings is 1. The molecule has 1 aromatic heterocycles. The average molecular weight is 388 g/mol. The van der Waals surface area contributed by atoms with Crippen LogP contribution in [-0.2, 0) is 15.3 Å². The maximum absolute atomic E-state index is 12.3. The molecule has 1 aliphatic rings. The Kier molecular flexibility index (Phi) is 5.19. The number of hydrogen-bond acceptors (Lipinski definition) is 6. The summed E-state index contributed by atoms with van der Waals surface area (Å²) < 4.78 is 23.0. The van der Waals surface area contributed by atoms with Gasteiger partial charge in [0, 0.05) is 24.1 Å². The van der Waals surface area contributed by atoms with Crippen LogP contribution in [0.2, 0.25) is 0 Å². The molecule has 7 nitrogen and oxygen atoms in total. The Hall–Kier alpha value is -2.48. The number of hydrogen-bond donors (Lipinski definition) is 2. The number of aromatic nitrogens is 2. The fraction of sp³-hybridized carbons (Fsp3) is 0.421. The van der Waals surface area contributed by atoms with Gasteiger partial charge in [0.25, 0.3) is 5.91 Å². The van der Waals surface area contributed by atoms with E-state index in [1.807, 2.05) is 24.3 Å². The van der Waals surface area contributed by atoms with Gasteiger partial charge in [-0.15, -0.1) is 0 Å². The molecule has 8 heteroatoms. The Morgan fingerprint density at radius 3 is 2.26 bits per heavy atom. The molecule has 1 amide bonds. The zero-order valence-corrected chi connectivity index (χ0v) is 16.5. The highest BCUT2D eigenvalue weighted by Gasteiger charge is 2.28. The summed E-state index contributed by atoms with van der Waals surface area (Å²) >= 11 is 0. The van der Waals surface area contributed by atoms with Gasteiger partial charge in [-0.1, -0.05) is 32.9 Å². The van der Waals surface area contributed by atoms with Gasteiger partial charge in [0.2, 0.25) is 5.95 Å². The topological polar surface area (TPSA) is 101 Å². The number of amides is 1. The van der Waals surface area contributed by atoms with Gasteiger partial charge in [0.1, 0.15) is 0 Å². The first-order chi connectivity index (χ1) is 12.6. The van der Waals surface area contributed by atoms with Crippen molar-refractivity contribution in [1.82, 2.24) is 9.97 Å². The fourth-order valence-corrected chi connectivity index (χ4v) is 4.54. The number of nitrogens with one attached hydrogen (secondary N) is 2. The third kappa shape index (κ3) is 5.03. The first-order valence-corrected chi connectivity index (χ1v) is 10.7. The van der Waals surface area contributed by atoms with Gasteiger partial charge >= 0.3 is 0 Å². The van der Waals surface area contributed by atoms with Gasteiger partial charge in [-0.25, -0.2) is 18.4 Å². The van der Waals surface area contributed by atoms with E-state index in [9.17, 15) is 13.2 Å². The molecule has 1 saturated heterocycles. The van der Waals surface area contributed by atoms with Crippen molar-refractivity contribution in [1.29, 1.82) is 0 Å². The molecule has 0 aliphatic carbocycles. The summed E-state index contributed by atoms with van der Waals surface area (Å²) in [6.45, 7) is 6.40. The van der Waals surface area contributed by atoms with Crippen LogP contribution in [0.15, 0.2) is 36.7 Å². The average Bonchev–Trinajstić information content (AvgIpc) is 2.93. The van der Waals surface area contributed by atoms with Crippen LogP contribution < -0.4 is 10.6 Å². The highest BCUT2D eigenvalue weighted by Crippen LogP contribution is 2.23. The van der Waals surface area contributed by atoms with Crippen LogP contribution in [0.1, 0.15) is 43.1 Å². The molecule has 2 aromatic rings. The van der Waals surface area contributed by atoms with Crippen molar-refractivity contribution in [2.45, 2.75) is 38.6 Å². The van der Waals surface area contributed by atoms with E-state index in [4.69, 9.17) is 0 Å². The Labute approximate surface area is 159 Å². The van der Waals surface area contributed by atoms with Crippen molar-refractivity contribution in [3.63, 3.8) is 0 Å². The van der Waals surface area contributed by atoms with Crippen LogP contribution in [0, 0.1) is 0 Å². The predicted octanol–water partition coefficient (Wildman–Crippen LogP) is 2.63. The molecule has 0 radical (unpaired) electrons. The van der Waals surface area contributed by atoms with Gasteiger partial charge in [0.15, 0.2) is 9.84 Å². The first kappa shape index (κ1) is 19.3. The third-order valence-corrected chi connectivity index (χ3v) is 6.26. The van der Waals surface area contributed by atoms with Crippen LogP contribution in [0.5, 0.6) is 0 Å². The molecule has 0 saturated carbocycles. The molecule has 1 unspecified atom stereocenters. The van der Waals surface area contributed by atoms with Gasteiger partial charge in [0.05, 0.1) is 17.1 Å². The van der Waals surface area contributed by atoms with Crippen LogP contribution in [0.25, 0.3) is 0 Å².